The molecule has 1 aromatic carbocycles. The fraction of sp³-hybridized carbons (Fsp3) is 0.250. The lowest BCUT2D eigenvalue weighted by atomic mass is 10.2. The third kappa shape index (κ3) is 2.15. The minimum Gasteiger partial charge on any atom is -0.495 e. The zero-order chi connectivity index (χ0) is 9.14. The molecule has 0 saturated heterocycles. The van der Waals surface area contributed by atoms with E-state index in [0.717, 1.165) is 21.1 Å². The van der Waals surface area contributed by atoms with E-state index in [9.17, 15) is 0 Å². The molecule has 0 aliphatic rings. The molecular formula is C8H7Br2ClO. The summed E-state index contributed by atoms with van der Waals surface area (Å²) in [5.41, 5.74) is 1.04. The summed E-state index contributed by atoms with van der Waals surface area (Å²) in [7, 11) is 1.64. The number of hydrogen-bond acceptors (Lipinski definition) is 1. The number of alkyl halides is 1. The molecule has 0 heterocycles. The fourth-order valence-corrected chi connectivity index (χ4v) is 2.39. The molecule has 0 aliphatic heterocycles. The van der Waals surface area contributed by atoms with Crippen LogP contribution in [-0.4, -0.2) is 7.11 Å². The second-order valence-corrected chi connectivity index (χ2v) is 4.07. The van der Waals surface area contributed by atoms with Crippen LogP contribution in [0.3, 0.4) is 0 Å². The van der Waals surface area contributed by atoms with E-state index >= 15 is 0 Å². The van der Waals surface area contributed by atoms with Crippen LogP contribution in [0.25, 0.3) is 0 Å². The Bertz CT molecular complexity index is 289. The average molecular weight is 314 g/mol. The van der Waals surface area contributed by atoms with Gasteiger partial charge in [-0.15, -0.1) is 0 Å². The Labute approximate surface area is 93.3 Å². The number of benzene rings is 1. The number of ether oxygens (including phenoxy) is 1. The van der Waals surface area contributed by atoms with Gasteiger partial charge in [-0.2, -0.15) is 0 Å². The van der Waals surface area contributed by atoms with Crippen LogP contribution >= 0.6 is 43.5 Å². The molecule has 4 heteroatoms. The Morgan fingerprint density at radius 1 is 1.50 bits per heavy atom. The van der Waals surface area contributed by atoms with E-state index in [4.69, 9.17) is 16.3 Å². The Morgan fingerprint density at radius 2 is 2.17 bits per heavy atom. The van der Waals surface area contributed by atoms with Crippen molar-refractivity contribution in [1.29, 1.82) is 0 Å². The van der Waals surface area contributed by atoms with E-state index in [1.807, 2.05) is 12.1 Å². The predicted molar refractivity (Wildman–Crippen MR) is 58.3 cm³/mol. The van der Waals surface area contributed by atoms with E-state index in [0.29, 0.717) is 5.02 Å². The first-order valence-corrected chi connectivity index (χ1v) is 5.56. The smallest absolute Gasteiger partial charge is 0.137 e. The normalized spacial score (nSPS) is 10.0. The molecule has 1 rings (SSSR count). The lowest BCUT2D eigenvalue weighted by molar-refractivity contribution is 0.409. The molecule has 0 aliphatic carbocycles. The highest BCUT2D eigenvalue weighted by Gasteiger charge is 2.07. The van der Waals surface area contributed by atoms with E-state index in [-0.39, 0.29) is 0 Å². The SMILES string of the molecule is COc1c(Br)cc(Cl)cc1CBr. The Kier molecular flexibility index (Phi) is 3.87. The maximum absolute atomic E-state index is 5.85. The molecule has 0 N–H and O–H groups in total. The van der Waals surface area contributed by atoms with E-state index in [2.05, 4.69) is 31.9 Å². The average Bonchev–Trinajstić information content (AvgIpc) is 2.03. The molecule has 1 nitrogen and oxygen atoms in total. The fourth-order valence-electron chi connectivity index (χ4n) is 0.942. The lowest BCUT2D eigenvalue weighted by Gasteiger charge is -2.08. The van der Waals surface area contributed by atoms with Crippen molar-refractivity contribution in [2.45, 2.75) is 5.33 Å². The summed E-state index contributed by atoms with van der Waals surface area (Å²) in [4.78, 5) is 0. The van der Waals surface area contributed by atoms with Crippen molar-refractivity contribution in [3.63, 3.8) is 0 Å². The van der Waals surface area contributed by atoms with Gasteiger partial charge < -0.3 is 4.74 Å². The molecule has 0 unspecified atom stereocenters. The summed E-state index contributed by atoms with van der Waals surface area (Å²) in [5.74, 6) is 0.830. The first-order chi connectivity index (χ1) is 5.69. The van der Waals surface area contributed by atoms with Crippen LogP contribution in [0.2, 0.25) is 5.02 Å². The third-order valence-corrected chi connectivity index (χ3v) is 2.84. The molecule has 66 valence electrons. The zero-order valence-electron chi connectivity index (χ0n) is 6.40. The minimum absolute atomic E-state index is 0.706. The van der Waals surface area contributed by atoms with Crippen molar-refractivity contribution in [3.05, 3.63) is 27.2 Å². The minimum atomic E-state index is 0.706. The van der Waals surface area contributed by atoms with Crippen LogP contribution < -0.4 is 4.74 Å². The van der Waals surface area contributed by atoms with Crippen molar-refractivity contribution < 1.29 is 4.74 Å². The second-order valence-electron chi connectivity index (χ2n) is 2.21. The topological polar surface area (TPSA) is 9.23 Å². The molecule has 0 radical (unpaired) electrons. The van der Waals surface area contributed by atoms with E-state index in [1.165, 1.54) is 0 Å². The molecule has 0 amide bonds. The largest absolute Gasteiger partial charge is 0.495 e. The van der Waals surface area contributed by atoms with Crippen LogP contribution in [0.4, 0.5) is 0 Å². The summed E-state index contributed by atoms with van der Waals surface area (Å²) >= 11 is 12.6. The van der Waals surface area contributed by atoms with Gasteiger partial charge in [-0.05, 0) is 28.1 Å². The van der Waals surface area contributed by atoms with Gasteiger partial charge in [0.25, 0.3) is 0 Å². The van der Waals surface area contributed by atoms with Gasteiger partial charge in [-0.1, -0.05) is 27.5 Å². The molecule has 1 aromatic rings. The number of halogens is 3. The van der Waals surface area contributed by atoms with Gasteiger partial charge in [0, 0.05) is 15.9 Å². The van der Waals surface area contributed by atoms with Gasteiger partial charge in [-0.25, -0.2) is 0 Å². The summed E-state index contributed by atoms with van der Waals surface area (Å²) < 4.78 is 6.07. The second kappa shape index (κ2) is 4.49. The maximum Gasteiger partial charge on any atom is 0.137 e. The molecule has 0 saturated carbocycles. The number of hydrogen-bond donors (Lipinski definition) is 0. The monoisotopic (exact) mass is 312 g/mol. The van der Waals surface area contributed by atoms with Crippen molar-refractivity contribution in [3.8, 4) is 5.75 Å². The molecule has 0 fully saturated rings. The lowest BCUT2D eigenvalue weighted by Crippen LogP contribution is -1.90. The van der Waals surface area contributed by atoms with Crippen molar-refractivity contribution in [1.82, 2.24) is 0 Å². The Balaban J connectivity index is 3.24. The van der Waals surface area contributed by atoms with Gasteiger partial charge in [0.1, 0.15) is 5.75 Å². The van der Waals surface area contributed by atoms with Gasteiger partial charge in [0.15, 0.2) is 0 Å². The summed E-state index contributed by atoms with van der Waals surface area (Å²) in [6.07, 6.45) is 0. The van der Waals surface area contributed by atoms with Gasteiger partial charge in [0.2, 0.25) is 0 Å². The quantitative estimate of drug-likeness (QED) is 0.750. The van der Waals surface area contributed by atoms with Crippen LogP contribution in [0.5, 0.6) is 5.75 Å². The van der Waals surface area contributed by atoms with Gasteiger partial charge in [-0.3, -0.25) is 0 Å². The predicted octanol–water partition coefficient (Wildman–Crippen LogP) is 4.01. The van der Waals surface area contributed by atoms with Crippen LogP contribution in [-0.2, 0) is 5.33 Å². The van der Waals surface area contributed by atoms with Crippen LogP contribution in [0, 0.1) is 0 Å². The Hall–Kier alpha value is 0.270. The molecule has 0 bridgehead atoms. The standard InChI is InChI=1S/C8H7Br2ClO/c1-12-8-5(4-9)2-6(11)3-7(8)10/h2-3H,4H2,1H3. The van der Waals surface area contributed by atoms with Crippen molar-refractivity contribution in [2.75, 3.05) is 7.11 Å². The highest BCUT2D eigenvalue weighted by Crippen LogP contribution is 2.33. The Morgan fingerprint density at radius 3 is 2.67 bits per heavy atom. The highest BCUT2D eigenvalue weighted by molar-refractivity contribution is 9.10. The molecule has 0 atom stereocenters. The molecule has 0 spiro atoms. The summed E-state index contributed by atoms with van der Waals surface area (Å²) in [5, 5.41) is 1.44. The zero-order valence-corrected chi connectivity index (χ0v) is 10.3. The van der Waals surface area contributed by atoms with Gasteiger partial charge in [0.05, 0.1) is 11.6 Å². The van der Waals surface area contributed by atoms with Crippen LogP contribution in [0.1, 0.15) is 5.56 Å². The van der Waals surface area contributed by atoms with Crippen LogP contribution in [0.15, 0.2) is 16.6 Å². The first-order valence-electron chi connectivity index (χ1n) is 3.27. The summed E-state index contributed by atoms with van der Waals surface area (Å²) in [6.45, 7) is 0. The van der Waals surface area contributed by atoms with E-state index < -0.39 is 0 Å². The maximum atomic E-state index is 5.85. The highest BCUT2D eigenvalue weighted by atomic mass is 79.9. The van der Waals surface area contributed by atoms with Crippen molar-refractivity contribution in [2.24, 2.45) is 0 Å². The summed E-state index contributed by atoms with van der Waals surface area (Å²) in [6, 6.07) is 3.69. The molecule has 0 aromatic heterocycles. The molecular weight excluding hydrogens is 307 g/mol. The molecule has 12 heavy (non-hydrogen) atoms. The van der Waals surface area contributed by atoms with E-state index in [1.54, 1.807) is 7.11 Å². The van der Waals surface area contributed by atoms with Gasteiger partial charge >= 0.3 is 0 Å². The number of methoxy groups -OCH3 is 1. The third-order valence-electron chi connectivity index (χ3n) is 1.43. The number of rotatable bonds is 2. The van der Waals surface area contributed by atoms with Crippen molar-refractivity contribution >= 4 is 43.5 Å². The first kappa shape index (κ1) is 10.4.